The van der Waals surface area contributed by atoms with Gasteiger partial charge in [-0.05, 0) is 37.1 Å². The van der Waals surface area contributed by atoms with E-state index in [4.69, 9.17) is 25.8 Å². The van der Waals surface area contributed by atoms with Gasteiger partial charge in [0.1, 0.15) is 6.61 Å². The lowest BCUT2D eigenvalue weighted by atomic mass is 10.2. The quantitative estimate of drug-likeness (QED) is 0.604. The van der Waals surface area contributed by atoms with Crippen molar-refractivity contribution in [2.45, 2.75) is 32.3 Å². The Kier molecular flexibility index (Phi) is 7.97. The van der Waals surface area contributed by atoms with Crippen molar-refractivity contribution in [3.05, 3.63) is 58.6 Å². The van der Waals surface area contributed by atoms with Crippen molar-refractivity contribution < 1.29 is 23.8 Å². The number of hydrogen-bond acceptors (Lipinski definition) is 5. The highest BCUT2D eigenvalue weighted by atomic mass is 35.5. The summed E-state index contributed by atoms with van der Waals surface area (Å²) in [5, 5.41) is 0.616. The molecule has 1 aliphatic heterocycles. The first-order valence-corrected chi connectivity index (χ1v) is 10.5. The van der Waals surface area contributed by atoms with Crippen LogP contribution in [0, 0.1) is 0 Å². The Morgan fingerprint density at radius 1 is 1.00 bits per heavy atom. The largest absolute Gasteiger partial charge is 0.493 e. The minimum atomic E-state index is -0.575. The minimum absolute atomic E-state index is 0.156. The molecule has 1 saturated heterocycles. The van der Waals surface area contributed by atoms with Gasteiger partial charge in [0.2, 0.25) is 0 Å². The van der Waals surface area contributed by atoms with E-state index in [0.29, 0.717) is 22.1 Å². The Morgan fingerprint density at radius 2 is 1.73 bits per heavy atom. The number of rotatable bonds is 7. The van der Waals surface area contributed by atoms with Crippen LogP contribution in [-0.4, -0.2) is 43.6 Å². The number of carbonyl (C=O) groups excluding carboxylic acids is 2. The van der Waals surface area contributed by atoms with Crippen molar-refractivity contribution in [3.8, 4) is 11.5 Å². The van der Waals surface area contributed by atoms with Crippen LogP contribution in [0.2, 0.25) is 5.02 Å². The summed E-state index contributed by atoms with van der Waals surface area (Å²) in [6.45, 7) is 1.46. The highest BCUT2D eigenvalue weighted by Gasteiger charge is 2.19. The fourth-order valence-corrected chi connectivity index (χ4v) is 3.50. The van der Waals surface area contributed by atoms with Crippen LogP contribution in [0.1, 0.15) is 41.6 Å². The first kappa shape index (κ1) is 22.0. The fraction of sp³-hybridized carbons (Fsp3) is 0.391. The third-order valence-electron chi connectivity index (χ3n) is 5.03. The molecule has 0 saturated carbocycles. The van der Waals surface area contributed by atoms with Crippen molar-refractivity contribution in [1.82, 2.24) is 4.90 Å². The first-order chi connectivity index (χ1) is 14.6. The Morgan fingerprint density at radius 3 is 2.43 bits per heavy atom. The third-order valence-corrected chi connectivity index (χ3v) is 5.39. The first-order valence-electron chi connectivity index (χ1n) is 10.1. The topological polar surface area (TPSA) is 65.1 Å². The lowest BCUT2D eigenvalue weighted by Crippen LogP contribution is -2.35. The summed E-state index contributed by atoms with van der Waals surface area (Å²) in [6, 6.07) is 12.2. The van der Waals surface area contributed by atoms with Crippen molar-refractivity contribution >= 4 is 23.5 Å². The van der Waals surface area contributed by atoms with Crippen molar-refractivity contribution in [2.24, 2.45) is 0 Å². The molecule has 1 fully saturated rings. The Balaban J connectivity index is 1.58. The van der Waals surface area contributed by atoms with E-state index < -0.39 is 5.97 Å². The molecule has 0 unspecified atom stereocenters. The van der Waals surface area contributed by atoms with Crippen molar-refractivity contribution in [2.75, 3.05) is 26.8 Å². The normalized spacial score (nSPS) is 14.0. The fourth-order valence-electron chi connectivity index (χ4n) is 3.31. The number of hydrogen-bond donors (Lipinski definition) is 0. The van der Waals surface area contributed by atoms with Gasteiger partial charge in [0.05, 0.1) is 12.7 Å². The van der Waals surface area contributed by atoms with E-state index in [0.717, 1.165) is 44.3 Å². The number of benzene rings is 2. The lowest BCUT2D eigenvalue weighted by molar-refractivity contribution is -0.134. The molecule has 1 amide bonds. The molecule has 1 heterocycles. The predicted octanol–water partition coefficient (Wildman–Crippen LogP) is 4.49. The van der Waals surface area contributed by atoms with Crippen LogP contribution in [0.5, 0.6) is 11.5 Å². The summed E-state index contributed by atoms with van der Waals surface area (Å²) in [5.74, 6) is 0.149. The Hall–Kier alpha value is -2.73. The molecular weight excluding hydrogens is 406 g/mol. The molecule has 3 rings (SSSR count). The predicted molar refractivity (Wildman–Crippen MR) is 114 cm³/mol. The molecule has 7 heteroatoms. The van der Waals surface area contributed by atoms with E-state index in [1.54, 1.807) is 29.2 Å². The molecular formula is C23H26ClNO5. The second-order valence-corrected chi connectivity index (χ2v) is 7.52. The van der Waals surface area contributed by atoms with E-state index in [1.165, 1.54) is 7.11 Å². The summed E-state index contributed by atoms with van der Waals surface area (Å²) in [7, 11) is 1.50. The molecule has 0 atom stereocenters. The maximum atomic E-state index is 12.4. The Labute approximate surface area is 181 Å². The van der Waals surface area contributed by atoms with Crippen molar-refractivity contribution in [1.29, 1.82) is 0 Å². The van der Waals surface area contributed by atoms with Crippen LogP contribution in [0.3, 0.4) is 0 Å². The molecule has 0 aromatic heterocycles. The van der Waals surface area contributed by atoms with Gasteiger partial charge in [-0.15, -0.1) is 0 Å². The second-order valence-electron chi connectivity index (χ2n) is 7.12. The molecule has 0 radical (unpaired) electrons. The van der Waals surface area contributed by atoms with Crippen LogP contribution in [-0.2, 0) is 16.1 Å². The second kappa shape index (κ2) is 10.9. The van der Waals surface area contributed by atoms with Gasteiger partial charge in [0.15, 0.2) is 18.1 Å². The van der Waals surface area contributed by atoms with Crippen LogP contribution < -0.4 is 9.47 Å². The summed E-state index contributed by atoms with van der Waals surface area (Å²) < 4.78 is 16.4. The number of ether oxygens (including phenoxy) is 3. The molecule has 6 nitrogen and oxygen atoms in total. The zero-order valence-electron chi connectivity index (χ0n) is 17.1. The SMILES string of the molecule is COc1cc(C(=O)OCC(=O)N2CCCCCC2)ccc1OCc1ccccc1Cl. The van der Waals surface area contributed by atoms with Crippen LogP contribution in [0.25, 0.3) is 0 Å². The molecule has 1 aliphatic rings. The maximum absolute atomic E-state index is 12.4. The van der Waals surface area contributed by atoms with Gasteiger partial charge in [-0.25, -0.2) is 4.79 Å². The van der Waals surface area contributed by atoms with E-state index >= 15 is 0 Å². The summed E-state index contributed by atoms with van der Waals surface area (Å²) in [5.41, 5.74) is 1.14. The van der Waals surface area contributed by atoms with Gasteiger partial charge in [0, 0.05) is 23.7 Å². The van der Waals surface area contributed by atoms with Gasteiger partial charge in [0.25, 0.3) is 5.91 Å². The number of amides is 1. The molecule has 0 N–H and O–H groups in total. The molecule has 0 aliphatic carbocycles. The zero-order valence-corrected chi connectivity index (χ0v) is 17.8. The zero-order chi connectivity index (χ0) is 21.3. The maximum Gasteiger partial charge on any atom is 0.338 e. The monoisotopic (exact) mass is 431 g/mol. The summed E-state index contributed by atoms with van der Waals surface area (Å²) in [4.78, 5) is 26.5. The van der Waals surface area contributed by atoms with Crippen LogP contribution >= 0.6 is 11.6 Å². The molecule has 30 heavy (non-hydrogen) atoms. The number of likely N-dealkylation sites (tertiary alicyclic amines) is 1. The third kappa shape index (κ3) is 5.89. The molecule has 160 valence electrons. The van der Waals surface area contributed by atoms with E-state index in [9.17, 15) is 9.59 Å². The number of halogens is 1. The minimum Gasteiger partial charge on any atom is -0.493 e. The number of methoxy groups -OCH3 is 1. The number of carbonyl (C=O) groups is 2. The average molecular weight is 432 g/mol. The highest BCUT2D eigenvalue weighted by molar-refractivity contribution is 6.31. The summed E-state index contributed by atoms with van der Waals surface area (Å²) in [6.07, 6.45) is 4.25. The smallest absolute Gasteiger partial charge is 0.338 e. The summed E-state index contributed by atoms with van der Waals surface area (Å²) >= 11 is 6.15. The van der Waals surface area contributed by atoms with Gasteiger partial charge in [-0.3, -0.25) is 4.79 Å². The van der Waals surface area contributed by atoms with Crippen LogP contribution in [0.4, 0.5) is 0 Å². The van der Waals surface area contributed by atoms with E-state index in [-0.39, 0.29) is 19.1 Å². The van der Waals surface area contributed by atoms with Gasteiger partial charge in [-0.2, -0.15) is 0 Å². The van der Waals surface area contributed by atoms with Crippen LogP contribution in [0.15, 0.2) is 42.5 Å². The van der Waals surface area contributed by atoms with Gasteiger partial charge in [-0.1, -0.05) is 42.6 Å². The van der Waals surface area contributed by atoms with Gasteiger partial charge >= 0.3 is 5.97 Å². The number of esters is 1. The van der Waals surface area contributed by atoms with E-state index in [2.05, 4.69) is 0 Å². The highest BCUT2D eigenvalue weighted by Crippen LogP contribution is 2.30. The van der Waals surface area contributed by atoms with Gasteiger partial charge < -0.3 is 19.1 Å². The Bertz CT molecular complexity index is 878. The molecule has 0 bridgehead atoms. The average Bonchev–Trinajstić information content (AvgIpc) is 3.06. The lowest BCUT2D eigenvalue weighted by Gasteiger charge is -2.20. The standard InChI is InChI=1S/C23H26ClNO5/c1-28-21-14-17(10-11-20(21)29-15-18-8-4-5-9-19(18)24)23(27)30-16-22(26)25-12-6-2-3-7-13-25/h4-5,8-11,14H,2-3,6-7,12-13,15-16H2,1H3. The van der Waals surface area contributed by atoms with Crippen molar-refractivity contribution in [3.63, 3.8) is 0 Å². The van der Waals surface area contributed by atoms with E-state index in [1.807, 2.05) is 18.2 Å². The molecule has 0 spiro atoms. The molecule has 2 aromatic rings. The number of nitrogens with zero attached hydrogens (tertiary/aromatic N) is 1. The molecule has 2 aromatic carbocycles.